The van der Waals surface area contributed by atoms with Crippen LogP contribution in [0.2, 0.25) is 0 Å². The molecule has 0 atom stereocenters. The van der Waals surface area contributed by atoms with Crippen LogP contribution in [0.15, 0.2) is 18.2 Å². The van der Waals surface area contributed by atoms with E-state index in [-0.39, 0.29) is 0 Å². The molecular formula is C12H15N3O2. The van der Waals surface area contributed by atoms with Crippen molar-refractivity contribution in [2.24, 2.45) is 0 Å². The Bertz CT molecular complexity index is 567. The minimum atomic E-state index is -0.542. The van der Waals surface area contributed by atoms with E-state index in [0.717, 1.165) is 11.1 Å². The molecule has 0 unspecified atom stereocenters. The van der Waals surface area contributed by atoms with Gasteiger partial charge in [-0.1, -0.05) is 17.3 Å². The van der Waals surface area contributed by atoms with Crippen molar-refractivity contribution >= 4 is 17.1 Å². The van der Waals surface area contributed by atoms with Crippen molar-refractivity contribution in [3.05, 3.63) is 23.8 Å². The van der Waals surface area contributed by atoms with Crippen molar-refractivity contribution in [3.63, 3.8) is 0 Å². The summed E-state index contributed by atoms with van der Waals surface area (Å²) in [7, 11) is 0. The van der Waals surface area contributed by atoms with Gasteiger partial charge in [0.2, 0.25) is 0 Å². The van der Waals surface area contributed by atoms with Crippen molar-refractivity contribution in [2.75, 3.05) is 0 Å². The molecule has 0 amide bonds. The number of hydrogen-bond donors (Lipinski definition) is 0. The molecular weight excluding hydrogens is 218 g/mol. The lowest BCUT2D eigenvalue weighted by molar-refractivity contribution is 0.0519. The third-order valence-electron chi connectivity index (χ3n) is 2.25. The van der Waals surface area contributed by atoms with Gasteiger partial charge in [0, 0.05) is 0 Å². The molecule has 0 N–H and O–H groups in total. The molecule has 0 radical (unpaired) electrons. The number of ether oxygens (including phenoxy) is 1. The number of aryl methyl sites for hydroxylation is 1. The molecule has 0 saturated heterocycles. The van der Waals surface area contributed by atoms with Crippen molar-refractivity contribution in [2.45, 2.75) is 33.3 Å². The fraction of sp³-hybridized carbons (Fsp3) is 0.417. The maximum atomic E-state index is 11.9. The predicted molar refractivity (Wildman–Crippen MR) is 63.9 cm³/mol. The van der Waals surface area contributed by atoms with E-state index >= 15 is 0 Å². The van der Waals surface area contributed by atoms with Gasteiger partial charge in [-0.2, -0.15) is 0 Å². The molecule has 0 aliphatic rings. The summed E-state index contributed by atoms with van der Waals surface area (Å²) in [4.78, 5) is 11.9. The molecule has 5 heteroatoms. The fourth-order valence-electron chi connectivity index (χ4n) is 1.52. The lowest BCUT2D eigenvalue weighted by Gasteiger charge is -2.18. The van der Waals surface area contributed by atoms with Crippen molar-refractivity contribution in [1.82, 2.24) is 15.0 Å². The van der Waals surface area contributed by atoms with Crippen LogP contribution in [0.5, 0.6) is 0 Å². The zero-order valence-electron chi connectivity index (χ0n) is 10.4. The monoisotopic (exact) mass is 233 g/mol. The Morgan fingerprint density at radius 1 is 1.35 bits per heavy atom. The molecule has 2 aromatic rings. The molecule has 0 spiro atoms. The zero-order valence-corrected chi connectivity index (χ0v) is 10.4. The van der Waals surface area contributed by atoms with Crippen LogP contribution in [-0.4, -0.2) is 26.7 Å². The van der Waals surface area contributed by atoms with Gasteiger partial charge in [0.1, 0.15) is 16.6 Å². The third-order valence-corrected chi connectivity index (χ3v) is 2.25. The Balaban J connectivity index is 2.43. The Labute approximate surface area is 99.4 Å². The maximum absolute atomic E-state index is 11.9. The summed E-state index contributed by atoms with van der Waals surface area (Å²) < 4.78 is 6.44. The van der Waals surface area contributed by atoms with Crippen molar-refractivity contribution in [3.8, 4) is 0 Å². The van der Waals surface area contributed by atoms with Crippen molar-refractivity contribution < 1.29 is 9.53 Å². The van der Waals surface area contributed by atoms with Gasteiger partial charge in [0.25, 0.3) is 0 Å². The van der Waals surface area contributed by atoms with Crippen LogP contribution in [0.4, 0.5) is 4.79 Å². The van der Waals surface area contributed by atoms with E-state index in [1.807, 2.05) is 39.8 Å². The van der Waals surface area contributed by atoms with E-state index in [1.54, 1.807) is 6.07 Å². The number of hydrogen-bond acceptors (Lipinski definition) is 4. The van der Waals surface area contributed by atoms with Crippen LogP contribution < -0.4 is 0 Å². The number of nitrogens with zero attached hydrogens (tertiary/aromatic N) is 3. The molecule has 0 bridgehead atoms. The molecule has 0 aliphatic heterocycles. The summed E-state index contributed by atoms with van der Waals surface area (Å²) >= 11 is 0. The predicted octanol–water partition coefficient (Wildman–Crippen LogP) is 2.52. The van der Waals surface area contributed by atoms with Gasteiger partial charge in [-0.3, -0.25) is 0 Å². The first-order valence-electron chi connectivity index (χ1n) is 5.43. The number of carbonyl (C=O) groups is 1. The number of fused-ring (bicyclic) bond motifs is 1. The number of carbonyl (C=O) groups excluding carboxylic acids is 1. The highest BCUT2D eigenvalue weighted by atomic mass is 16.6. The molecule has 0 aliphatic carbocycles. The Morgan fingerprint density at radius 3 is 2.71 bits per heavy atom. The van der Waals surface area contributed by atoms with Crippen molar-refractivity contribution in [1.29, 1.82) is 0 Å². The largest absolute Gasteiger partial charge is 0.442 e. The van der Waals surface area contributed by atoms with Gasteiger partial charge in [0.15, 0.2) is 0 Å². The first-order chi connectivity index (χ1) is 7.88. The first kappa shape index (κ1) is 11.6. The molecule has 0 fully saturated rings. The highest BCUT2D eigenvalue weighted by molar-refractivity contribution is 5.86. The lowest BCUT2D eigenvalue weighted by atomic mass is 10.2. The smallest absolute Gasteiger partial charge is 0.437 e. The molecule has 90 valence electrons. The van der Waals surface area contributed by atoms with Crippen LogP contribution in [0, 0.1) is 6.92 Å². The average molecular weight is 233 g/mol. The summed E-state index contributed by atoms with van der Waals surface area (Å²) in [6.07, 6.45) is -0.509. The average Bonchev–Trinajstić information content (AvgIpc) is 2.60. The summed E-state index contributed by atoms with van der Waals surface area (Å²) in [5, 5.41) is 7.81. The van der Waals surface area contributed by atoms with E-state index in [4.69, 9.17) is 4.74 Å². The summed E-state index contributed by atoms with van der Waals surface area (Å²) in [5.74, 6) is 0. The molecule has 17 heavy (non-hydrogen) atoms. The first-order valence-corrected chi connectivity index (χ1v) is 5.43. The van der Waals surface area contributed by atoms with Gasteiger partial charge in [0.05, 0.1) is 0 Å². The maximum Gasteiger partial charge on any atom is 0.437 e. The lowest BCUT2D eigenvalue weighted by Crippen LogP contribution is -2.27. The van der Waals surface area contributed by atoms with Crippen LogP contribution in [0.25, 0.3) is 11.0 Å². The quantitative estimate of drug-likeness (QED) is 0.701. The zero-order chi connectivity index (χ0) is 12.6. The third kappa shape index (κ3) is 2.27. The Hall–Kier alpha value is -1.91. The molecule has 1 heterocycles. The minimum absolute atomic E-state index is 0.509. The van der Waals surface area contributed by atoms with E-state index < -0.39 is 11.7 Å². The van der Waals surface area contributed by atoms with Crippen LogP contribution in [0.1, 0.15) is 26.3 Å². The van der Waals surface area contributed by atoms with Gasteiger partial charge >= 0.3 is 6.09 Å². The van der Waals surface area contributed by atoms with Crippen LogP contribution in [-0.2, 0) is 4.74 Å². The molecule has 2 rings (SSSR count). The van der Waals surface area contributed by atoms with Gasteiger partial charge < -0.3 is 4.74 Å². The fourth-order valence-corrected chi connectivity index (χ4v) is 1.52. The SMILES string of the molecule is Cc1cccc2c1nnn2C(=O)OC(C)(C)C. The molecule has 0 saturated carbocycles. The topological polar surface area (TPSA) is 57.0 Å². The number of aromatic nitrogens is 3. The standard InChI is InChI=1S/C12H15N3O2/c1-8-6-5-7-9-10(8)13-14-15(9)11(16)17-12(2,3)4/h5-7H,1-4H3. The molecule has 1 aromatic carbocycles. The highest BCUT2D eigenvalue weighted by Crippen LogP contribution is 2.16. The van der Waals surface area contributed by atoms with Gasteiger partial charge in [-0.25, -0.2) is 4.79 Å². The van der Waals surface area contributed by atoms with E-state index in [2.05, 4.69) is 10.3 Å². The van der Waals surface area contributed by atoms with E-state index in [9.17, 15) is 4.79 Å². The summed E-state index contributed by atoms with van der Waals surface area (Å²) in [6, 6.07) is 5.59. The van der Waals surface area contributed by atoms with Crippen LogP contribution >= 0.6 is 0 Å². The molecule has 1 aromatic heterocycles. The van der Waals surface area contributed by atoms with Gasteiger partial charge in [-0.15, -0.1) is 9.78 Å². The molecule has 5 nitrogen and oxygen atoms in total. The van der Waals surface area contributed by atoms with Crippen LogP contribution in [0.3, 0.4) is 0 Å². The number of benzene rings is 1. The normalized spacial score (nSPS) is 11.8. The van der Waals surface area contributed by atoms with Gasteiger partial charge in [-0.05, 0) is 39.3 Å². The second-order valence-electron chi connectivity index (χ2n) is 4.92. The summed E-state index contributed by atoms with van der Waals surface area (Å²) in [6.45, 7) is 7.37. The Morgan fingerprint density at radius 2 is 2.06 bits per heavy atom. The van der Waals surface area contributed by atoms with E-state index in [1.165, 1.54) is 4.68 Å². The van der Waals surface area contributed by atoms with E-state index in [0.29, 0.717) is 5.52 Å². The second-order valence-corrected chi connectivity index (χ2v) is 4.92. The number of rotatable bonds is 0. The Kier molecular flexibility index (Phi) is 2.61. The highest BCUT2D eigenvalue weighted by Gasteiger charge is 2.20. The summed E-state index contributed by atoms with van der Waals surface area (Å²) in [5.41, 5.74) is 1.83. The minimum Gasteiger partial charge on any atom is -0.442 e. The second kappa shape index (κ2) is 3.84.